The molecule has 2 rings (SSSR count). The Bertz CT molecular complexity index is 450. The molecule has 1 aromatic carbocycles. The molecule has 0 aromatic heterocycles. The summed E-state index contributed by atoms with van der Waals surface area (Å²) in [6, 6.07) is 8.16. The third-order valence-corrected chi connectivity index (χ3v) is 4.36. The lowest BCUT2D eigenvalue weighted by molar-refractivity contribution is -0.0156. The van der Waals surface area contributed by atoms with Gasteiger partial charge < -0.3 is 20.1 Å². The lowest BCUT2D eigenvalue weighted by Gasteiger charge is -2.35. The number of hydrogen-bond donors (Lipinski definition) is 2. The van der Waals surface area contributed by atoms with E-state index in [2.05, 4.69) is 24.3 Å². The minimum atomic E-state index is -0.437. The molecule has 0 bridgehead atoms. The zero-order chi connectivity index (χ0) is 15.9. The van der Waals surface area contributed by atoms with Crippen LogP contribution in [0, 0.1) is 6.92 Å². The molecule has 1 saturated carbocycles. The van der Waals surface area contributed by atoms with Crippen LogP contribution in [0.3, 0.4) is 0 Å². The number of benzene rings is 1. The summed E-state index contributed by atoms with van der Waals surface area (Å²) < 4.78 is 6.07. The number of hydrogen-bond acceptors (Lipinski definition) is 4. The lowest BCUT2D eigenvalue weighted by atomic mass is 9.89. The van der Waals surface area contributed by atoms with Crippen LogP contribution in [0.2, 0.25) is 0 Å². The second kappa shape index (κ2) is 8.51. The van der Waals surface area contributed by atoms with Crippen molar-refractivity contribution in [3.05, 3.63) is 29.8 Å². The topological polar surface area (TPSA) is 44.7 Å². The van der Waals surface area contributed by atoms with Crippen LogP contribution in [0.4, 0.5) is 0 Å². The van der Waals surface area contributed by atoms with Gasteiger partial charge in [-0.05, 0) is 71.4 Å². The van der Waals surface area contributed by atoms with Crippen molar-refractivity contribution in [2.24, 2.45) is 0 Å². The van der Waals surface area contributed by atoms with Gasteiger partial charge in [-0.25, -0.2) is 0 Å². The highest BCUT2D eigenvalue weighted by Crippen LogP contribution is 2.26. The van der Waals surface area contributed by atoms with Crippen molar-refractivity contribution >= 4 is 0 Å². The quantitative estimate of drug-likeness (QED) is 0.758. The first kappa shape index (κ1) is 17.3. The summed E-state index contributed by atoms with van der Waals surface area (Å²) in [7, 11) is 4.17. The zero-order valence-electron chi connectivity index (χ0n) is 14.1. The van der Waals surface area contributed by atoms with E-state index in [4.69, 9.17) is 4.74 Å². The molecule has 1 aliphatic carbocycles. The van der Waals surface area contributed by atoms with E-state index < -0.39 is 6.10 Å². The summed E-state index contributed by atoms with van der Waals surface area (Å²) in [5, 5.41) is 14.1. The molecule has 0 heterocycles. The van der Waals surface area contributed by atoms with Crippen LogP contribution in [0.1, 0.15) is 31.2 Å². The van der Waals surface area contributed by atoms with Gasteiger partial charge >= 0.3 is 0 Å². The van der Waals surface area contributed by atoms with Gasteiger partial charge in [-0.15, -0.1) is 0 Å². The second-order valence-electron chi connectivity index (χ2n) is 6.56. The monoisotopic (exact) mass is 306 g/mol. The maximum absolute atomic E-state index is 10.6. The summed E-state index contributed by atoms with van der Waals surface area (Å²) in [5.41, 5.74) is 1.12. The molecule has 4 heteroatoms. The maximum Gasteiger partial charge on any atom is 0.126 e. The van der Waals surface area contributed by atoms with Gasteiger partial charge in [0.25, 0.3) is 0 Å². The third kappa shape index (κ3) is 4.97. The largest absolute Gasteiger partial charge is 0.487 e. The van der Waals surface area contributed by atoms with Crippen molar-refractivity contribution < 1.29 is 9.84 Å². The van der Waals surface area contributed by atoms with Gasteiger partial charge in [-0.2, -0.15) is 0 Å². The van der Waals surface area contributed by atoms with Crippen molar-refractivity contribution in [1.82, 2.24) is 10.2 Å². The highest BCUT2D eigenvalue weighted by Gasteiger charge is 2.33. The lowest BCUT2D eigenvalue weighted by Crippen LogP contribution is -2.51. The Morgan fingerprint density at radius 1 is 1.27 bits per heavy atom. The predicted molar refractivity (Wildman–Crippen MR) is 90.4 cm³/mol. The van der Waals surface area contributed by atoms with Crippen molar-refractivity contribution in [2.75, 3.05) is 27.2 Å². The van der Waals surface area contributed by atoms with Crippen LogP contribution in [0.25, 0.3) is 0 Å². The molecule has 1 fully saturated rings. The standard InChI is InChI=1S/C18H30N2O2/c1-14-8-4-5-10-16(14)22-17-11-6-9-15(18(17)21)19-12-7-13-20(2)3/h4-5,8,10,15,17-19,21H,6-7,9,11-13H2,1-3H3/t15-,17+,18+/m0/s1. The van der Waals surface area contributed by atoms with Crippen LogP contribution in [-0.4, -0.2) is 55.4 Å². The normalized spacial score (nSPS) is 25.4. The Balaban J connectivity index is 1.84. The van der Waals surface area contributed by atoms with E-state index in [-0.39, 0.29) is 12.1 Å². The average Bonchev–Trinajstić information content (AvgIpc) is 2.49. The maximum atomic E-state index is 10.6. The van der Waals surface area contributed by atoms with E-state index in [1.807, 2.05) is 31.2 Å². The summed E-state index contributed by atoms with van der Waals surface area (Å²) in [6.07, 6.45) is 3.59. The fraction of sp³-hybridized carbons (Fsp3) is 0.667. The Morgan fingerprint density at radius 3 is 2.77 bits per heavy atom. The molecule has 22 heavy (non-hydrogen) atoms. The van der Waals surface area contributed by atoms with Gasteiger partial charge in [0, 0.05) is 6.04 Å². The highest BCUT2D eigenvalue weighted by atomic mass is 16.5. The number of nitrogens with one attached hydrogen (secondary N) is 1. The fourth-order valence-corrected chi connectivity index (χ4v) is 3.03. The molecule has 0 amide bonds. The van der Waals surface area contributed by atoms with Crippen LogP contribution in [0.5, 0.6) is 5.75 Å². The van der Waals surface area contributed by atoms with Crippen molar-refractivity contribution in [3.63, 3.8) is 0 Å². The van der Waals surface area contributed by atoms with Crippen molar-refractivity contribution in [3.8, 4) is 5.75 Å². The molecular weight excluding hydrogens is 276 g/mol. The number of aliphatic hydroxyl groups is 1. The van der Waals surface area contributed by atoms with E-state index in [9.17, 15) is 5.11 Å². The minimum Gasteiger partial charge on any atom is -0.487 e. The van der Waals surface area contributed by atoms with E-state index >= 15 is 0 Å². The van der Waals surface area contributed by atoms with Gasteiger partial charge in [0.15, 0.2) is 0 Å². The SMILES string of the molecule is Cc1ccccc1O[C@@H]1CCC[C@H](NCCCN(C)C)[C@H]1O. The molecule has 0 spiro atoms. The van der Waals surface area contributed by atoms with E-state index in [0.29, 0.717) is 0 Å². The zero-order valence-corrected chi connectivity index (χ0v) is 14.1. The van der Waals surface area contributed by atoms with Crippen LogP contribution >= 0.6 is 0 Å². The molecule has 2 N–H and O–H groups in total. The van der Waals surface area contributed by atoms with Crippen molar-refractivity contribution in [1.29, 1.82) is 0 Å². The van der Waals surface area contributed by atoms with Crippen molar-refractivity contribution in [2.45, 2.75) is 50.9 Å². The van der Waals surface area contributed by atoms with Crippen LogP contribution in [0.15, 0.2) is 24.3 Å². The first-order valence-corrected chi connectivity index (χ1v) is 8.36. The predicted octanol–water partition coefficient (Wildman–Crippen LogP) is 2.20. The molecule has 0 unspecified atom stereocenters. The second-order valence-corrected chi connectivity index (χ2v) is 6.56. The molecule has 1 aliphatic rings. The van der Waals surface area contributed by atoms with Gasteiger partial charge in [0.1, 0.15) is 18.0 Å². The van der Waals surface area contributed by atoms with Gasteiger partial charge in [0.05, 0.1) is 0 Å². The number of rotatable bonds is 7. The first-order valence-electron chi connectivity index (χ1n) is 8.36. The average molecular weight is 306 g/mol. The van der Waals surface area contributed by atoms with Crippen LogP contribution in [-0.2, 0) is 0 Å². The number of aliphatic hydroxyl groups excluding tert-OH is 1. The van der Waals surface area contributed by atoms with Crippen LogP contribution < -0.4 is 10.1 Å². The molecule has 0 radical (unpaired) electrons. The molecule has 0 aliphatic heterocycles. The van der Waals surface area contributed by atoms with E-state index in [0.717, 1.165) is 50.1 Å². The summed E-state index contributed by atoms with van der Waals surface area (Å²) in [6.45, 7) is 4.05. The van der Waals surface area contributed by atoms with E-state index in [1.54, 1.807) is 0 Å². The number of ether oxygens (including phenoxy) is 1. The molecule has 0 saturated heterocycles. The van der Waals surface area contributed by atoms with Gasteiger partial charge in [-0.1, -0.05) is 18.2 Å². The fourth-order valence-electron chi connectivity index (χ4n) is 3.03. The smallest absolute Gasteiger partial charge is 0.126 e. The third-order valence-electron chi connectivity index (χ3n) is 4.36. The molecule has 4 nitrogen and oxygen atoms in total. The highest BCUT2D eigenvalue weighted by molar-refractivity contribution is 5.32. The summed E-state index contributed by atoms with van der Waals surface area (Å²) >= 11 is 0. The Hall–Kier alpha value is -1.10. The van der Waals surface area contributed by atoms with Gasteiger partial charge in [0.2, 0.25) is 0 Å². The number of para-hydroxylation sites is 1. The van der Waals surface area contributed by atoms with Gasteiger partial charge in [-0.3, -0.25) is 0 Å². The van der Waals surface area contributed by atoms with E-state index in [1.165, 1.54) is 0 Å². The summed E-state index contributed by atoms with van der Waals surface area (Å²) in [4.78, 5) is 2.18. The summed E-state index contributed by atoms with van der Waals surface area (Å²) in [5.74, 6) is 0.889. The first-order chi connectivity index (χ1) is 10.6. The number of nitrogens with zero attached hydrogens (tertiary/aromatic N) is 1. The molecule has 1 aromatic rings. The Kier molecular flexibility index (Phi) is 6.68. The molecule has 124 valence electrons. The minimum absolute atomic E-state index is 0.110. The number of aryl methyl sites for hydroxylation is 1. The Labute approximate surface area is 134 Å². The molecular formula is C18H30N2O2. The Morgan fingerprint density at radius 2 is 2.05 bits per heavy atom. The molecule has 3 atom stereocenters.